The predicted octanol–water partition coefficient (Wildman–Crippen LogP) is 5.43. The van der Waals surface area contributed by atoms with Crippen molar-refractivity contribution >= 4 is 11.6 Å². The third kappa shape index (κ3) is 4.31. The number of hydrogen-bond acceptors (Lipinski definition) is 0. The lowest BCUT2D eigenvalue weighted by molar-refractivity contribution is 0.376. The van der Waals surface area contributed by atoms with Crippen molar-refractivity contribution in [3.05, 3.63) is 35.4 Å². The lowest BCUT2D eigenvalue weighted by Crippen LogP contribution is -2.20. The van der Waals surface area contributed by atoms with Gasteiger partial charge in [-0.1, -0.05) is 58.9 Å². The molecule has 2 unspecified atom stereocenters. The Kier molecular flexibility index (Phi) is 5.28. The molecule has 0 saturated heterocycles. The highest BCUT2D eigenvalue weighted by atomic mass is 35.5. The van der Waals surface area contributed by atoms with Crippen LogP contribution in [-0.2, 0) is 11.8 Å². The molecule has 0 fully saturated rings. The van der Waals surface area contributed by atoms with Gasteiger partial charge in [-0.25, -0.2) is 0 Å². The maximum atomic E-state index is 6.29. The molecule has 2 atom stereocenters. The van der Waals surface area contributed by atoms with Gasteiger partial charge in [-0.2, -0.15) is 0 Å². The molecule has 0 aliphatic heterocycles. The summed E-state index contributed by atoms with van der Waals surface area (Å²) in [5.74, 6) is 1.17. The zero-order valence-electron chi connectivity index (χ0n) is 12.6. The second-order valence-corrected chi connectivity index (χ2v) is 7.42. The maximum Gasteiger partial charge on any atom is 0.0341 e. The molecule has 1 heteroatoms. The van der Waals surface area contributed by atoms with E-state index in [1.54, 1.807) is 0 Å². The van der Waals surface area contributed by atoms with E-state index in [0.29, 0.717) is 11.8 Å². The molecule has 0 aliphatic carbocycles. The third-order valence-corrected chi connectivity index (χ3v) is 4.06. The van der Waals surface area contributed by atoms with E-state index in [1.165, 1.54) is 11.1 Å². The van der Waals surface area contributed by atoms with Gasteiger partial charge in [-0.05, 0) is 41.7 Å². The zero-order chi connectivity index (χ0) is 13.9. The molecule has 0 nitrogen and oxygen atoms in total. The molecular formula is C17H27Cl. The maximum absolute atomic E-state index is 6.29. The molecule has 0 heterocycles. The molecule has 0 saturated carbocycles. The topological polar surface area (TPSA) is 0 Å². The minimum atomic E-state index is 0.229. The van der Waals surface area contributed by atoms with E-state index in [9.17, 15) is 0 Å². The van der Waals surface area contributed by atoms with Gasteiger partial charge in [0.2, 0.25) is 0 Å². The molecule has 0 radical (unpaired) electrons. The molecule has 1 rings (SSSR count). The molecule has 0 amide bonds. The van der Waals surface area contributed by atoms with Gasteiger partial charge in [-0.3, -0.25) is 0 Å². The van der Waals surface area contributed by atoms with E-state index in [2.05, 4.69) is 65.8 Å². The van der Waals surface area contributed by atoms with Crippen LogP contribution in [0.4, 0.5) is 0 Å². The molecule has 1 aromatic carbocycles. The third-order valence-electron chi connectivity index (χ3n) is 3.74. The Morgan fingerprint density at radius 3 is 1.83 bits per heavy atom. The van der Waals surface area contributed by atoms with Gasteiger partial charge in [-0.15, -0.1) is 11.6 Å². The first-order chi connectivity index (χ1) is 8.21. The number of alkyl halides is 1. The fourth-order valence-corrected chi connectivity index (χ4v) is 2.72. The summed E-state index contributed by atoms with van der Waals surface area (Å²) in [6.07, 6.45) is 1.08. The van der Waals surface area contributed by atoms with Crippen LogP contribution in [0.5, 0.6) is 0 Å². The van der Waals surface area contributed by atoms with E-state index in [0.717, 1.165) is 6.42 Å². The predicted molar refractivity (Wildman–Crippen MR) is 82.5 cm³/mol. The molecule has 1 aromatic rings. The number of benzene rings is 1. The summed E-state index contributed by atoms with van der Waals surface area (Å²) in [5.41, 5.74) is 3.02. The van der Waals surface area contributed by atoms with E-state index >= 15 is 0 Å². The second kappa shape index (κ2) is 6.10. The largest absolute Gasteiger partial charge is 0.123 e. The van der Waals surface area contributed by atoms with Crippen molar-refractivity contribution in [2.24, 2.45) is 11.8 Å². The van der Waals surface area contributed by atoms with Gasteiger partial charge in [0.15, 0.2) is 0 Å². The van der Waals surface area contributed by atoms with Crippen molar-refractivity contribution in [3.8, 4) is 0 Å². The molecule has 0 spiro atoms. The van der Waals surface area contributed by atoms with Crippen molar-refractivity contribution in [2.45, 2.75) is 58.8 Å². The summed E-state index contributed by atoms with van der Waals surface area (Å²) in [6, 6.07) is 9.03. The summed E-state index contributed by atoms with van der Waals surface area (Å²) in [4.78, 5) is 0. The fourth-order valence-electron chi connectivity index (χ4n) is 2.34. The van der Waals surface area contributed by atoms with E-state index in [-0.39, 0.29) is 10.8 Å². The molecule has 0 aliphatic rings. The first-order valence-electron chi connectivity index (χ1n) is 6.95. The smallest absolute Gasteiger partial charge is 0.0341 e. The highest BCUT2D eigenvalue weighted by Gasteiger charge is 2.20. The number of hydrogen-bond donors (Lipinski definition) is 0. The Balaban J connectivity index is 2.80. The SMILES string of the molecule is CC(C)C(Cc1ccc(C(C)(C)C)cc1)C(C)Cl. The minimum absolute atomic E-state index is 0.229. The molecular weight excluding hydrogens is 240 g/mol. The average molecular weight is 267 g/mol. The normalized spacial score (nSPS) is 15.8. The van der Waals surface area contributed by atoms with Crippen LogP contribution >= 0.6 is 11.6 Å². The second-order valence-electron chi connectivity index (χ2n) is 6.74. The quantitative estimate of drug-likeness (QED) is 0.638. The number of rotatable bonds is 4. The van der Waals surface area contributed by atoms with Crippen LogP contribution in [0, 0.1) is 11.8 Å². The monoisotopic (exact) mass is 266 g/mol. The molecule has 18 heavy (non-hydrogen) atoms. The van der Waals surface area contributed by atoms with Gasteiger partial charge in [0, 0.05) is 5.38 Å². The molecule has 102 valence electrons. The molecule has 0 bridgehead atoms. The number of halogens is 1. The van der Waals surface area contributed by atoms with Gasteiger partial charge in [0.25, 0.3) is 0 Å². The van der Waals surface area contributed by atoms with Crippen LogP contribution in [-0.4, -0.2) is 5.38 Å². The lowest BCUT2D eigenvalue weighted by Gasteiger charge is -2.24. The summed E-state index contributed by atoms with van der Waals surface area (Å²) in [5, 5.41) is 0.229. The highest BCUT2D eigenvalue weighted by Crippen LogP contribution is 2.26. The molecule has 0 aromatic heterocycles. The van der Waals surface area contributed by atoms with Crippen molar-refractivity contribution in [1.29, 1.82) is 0 Å². The Morgan fingerprint density at radius 2 is 1.50 bits per heavy atom. The first kappa shape index (κ1) is 15.6. The zero-order valence-corrected chi connectivity index (χ0v) is 13.4. The van der Waals surface area contributed by atoms with Gasteiger partial charge in [0.1, 0.15) is 0 Å². The fraction of sp³-hybridized carbons (Fsp3) is 0.647. The lowest BCUT2D eigenvalue weighted by atomic mass is 9.84. The van der Waals surface area contributed by atoms with Crippen LogP contribution in [0.15, 0.2) is 24.3 Å². The van der Waals surface area contributed by atoms with Crippen molar-refractivity contribution in [3.63, 3.8) is 0 Å². The van der Waals surface area contributed by atoms with Gasteiger partial charge in [0.05, 0.1) is 0 Å². The Labute approximate surface area is 118 Å². The van der Waals surface area contributed by atoms with Crippen LogP contribution in [0.3, 0.4) is 0 Å². The van der Waals surface area contributed by atoms with Crippen LogP contribution < -0.4 is 0 Å². The highest BCUT2D eigenvalue weighted by molar-refractivity contribution is 6.20. The van der Waals surface area contributed by atoms with Crippen molar-refractivity contribution in [1.82, 2.24) is 0 Å². The van der Waals surface area contributed by atoms with Crippen molar-refractivity contribution in [2.75, 3.05) is 0 Å². The van der Waals surface area contributed by atoms with E-state index < -0.39 is 0 Å². The Hall–Kier alpha value is -0.490. The van der Waals surface area contributed by atoms with E-state index in [1.807, 2.05) is 0 Å². The van der Waals surface area contributed by atoms with Crippen LogP contribution in [0.2, 0.25) is 0 Å². The Bertz CT molecular complexity index is 346. The average Bonchev–Trinajstić information content (AvgIpc) is 2.24. The van der Waals surface area contributed by atoms with E-state index in [4.69, 9.17) is 11.6 Å². The summed E-state index contributed by atoms with van der Waals surface area (Å²) in [7, 11) is 0. The standard InChI is InChI=1S/C17H27Cl/c1-12(2)16(13(3)18)11-14-7-9-15(10-8-14)17(4,5)6/h7-10,12-13,16H,11H2,1-6H3. The molecule has 0 N–H and O–H groups in total. The summed E-state index contributed by atoms with van der Waals surface area (Å²) >= 11 is 6.29. The van der Waals surface area contributed by atoms with Crippen LogP contribution in [0.1, 0.15) is 52.7 Å². The Morgan fingerprint density at radius 1 is 1.00 bits per heavy atom. The van der Waals surface area contributed by atoms with Gasteiger partial charge < -0.3 is 0 Å². The first-order valence-corrected chi connectivity index (χ1v) is 7.39. The van der Waals surface area contributed by atoms with Crippen LogP contribution in [0.25, 0.3) is 0 Å². The summed E-state index contributed by atoms with van der Waals surface area (Å²) in [6.45, 7) is 13.4. The minimum Gasteiger partial charge on any atom is -0.123 e. The summed E-state index contributed by atoms with van der Waals surface area (Å²) < 4.78 is 0. The van der Waals surface area contributed by atoms with Gasteiger partial charge >= 0.3 is 0 Å². The van der Waals surface area contributed by atoms with Crippen molar-refractivity contribution < 1.29 is 0 Å².